The van der Waals surface area contributed by atoms with E-state index in [1.807, 2.05) is 0 Å². The van der Waals surface area contributed by atoms with E-state index in [0.29, 0.717) is 17.6 Å². The summed E-state index contributed by atoms with van der Waals surface area (Å²) in [5, 5.41) is 3.82. The molecule has 2 rings (SSSR count). The summed E-state index contributed by atoms with van der Waals surface area (Å²) in [4.78, 5) is 13.1. The van der Waals surface area contributed by atoms with E-state index in [1.54, 1.807) is 0 Å². The number of nitrogens with two attached hydrogens (primary N) is 2. The van der Waals surface area contributed by atoms with Gasteiger partial charge in [0.25, 0.3) is 0 Å². The van der Waals surface area contributed by atoms with Gasteiger partial charge in [-0.25, -0.2) is 0 Å². The van der Waals surface area contributed by atoms with Gasteiger partial charge in [-0.3, -0.25) is 4.79 Å². The Morgan fingerprint density at radius 2 is 2.05 bits per heavy atom. The zero-order valence-electron chi connectivity index (χ0n) is 13.8. The Bertz CT molecular complexity index is 380. The van der Waals surface area contributed by atoms with Crippen molar-refractivity contribution in [1.29, 1.82) is 0 Å². The van der Waals surface area contributed by atoms with Gasteiger partial charge in [-0.2, -0.15) is 10.0 Å². The Morgan fingerprint density at radius 3 is 2.68 bits per heavy atom. The van der Waals surface area contributed by atoms with Gasteiger partial charge in [0.15, 0.2) is 5.12 Å². The molecule has 2 aliphatic rings. The summed E-state index contributed by atoms with van der Waals surface area (Å²) in [6, 6.07) is -0.265. The predicted molar refractivity (Wildman–Crippen MR) is 97.4 cm³/mol. The molecule has 22 heavy (non-hydrogen) atoms. The van der Waals surface area contributed by atoms with Crippen LogP contribution in [0.2, 0.25) is 0 Å². The third kappa shape index (κ3) is 4.82. The number of rotatable bonds is 7. The maximum absolute atomic E-state index is 13.1. The number of allylic oxidation sites excluding steroid dienone is 2. The van der Waals surface area contributed by atoms with Crippen LogP contribution in [-0.2, 0) is 4.79 Å². The molecule has 0 spiro atoms. The van der Waals surface area contributed by atoms with E-state index in [1.165, 1.54) is 12.8 Å². The molecule has 1 heterocycles. The van der Waals surface area contributed by atoms with Crippen molar-refractivity contribution in [2.24, 2.45) is 17.4 Å². The first-order valence-corrected chi connectivity index (χ1v) is 10.9. The molecular weight excluding hydrogens is 294 g/mol. The molecule has 0 aromatic rings. The smallest absolute Gasteiger partial charge is 0.188 e. The molecule has 0 saturated carbocycles. The number of nitrogens with one attached hydrogen (secondary N) is 1. The first kappa shape index (κ1) is 18.0. The number of carbonyl (C=O) groups excluding carboxylic acids is 1. The minimum Gasteiger partial charge on any atom is -0.330 e. The van der Waals surface area contributed by atoms with Gasteiger partial charge < -0.3 is 16.8 Å². The lowest BCUT2D eigenvalue weighted by molar-refractivity contribution is -0.112. The second-order valence-corrected chi connectivity index (χ2v) is 10.4. The van der Waals surface area contributed by atoms with Crippen molar-refractivity contribution in [3.05, 3.63) is 12.2 Å². The van der Waals surface area contributed by atoms with E-state index in [4.69, 9.17) is 11.5 Å². The minimum absolute atomic E-state index is 0.265. The highest BCUT2D eigenvalue weighted by molar-refractivity contribution is 8.45. The Labute approximate surface area is 136 Å². The van der Waals surface area contributed by atoms with Gasteiger partial charge >= 0.3 is 0 Å². The van der Waals surface area contributed by atoms with E-state index < -0.39 is 10.0 Å². The normalized spacial score (nSPS) is 27.3. The Hall–Kier alpha value is -0.360. The molecule has 1 aliphatic heterocycles. The van der Waals surface area contributed by atoms with Crippen LogP contribution in [0.25, 0.3) is 0 Å². The zero-order chi connectivity index (χ0) is 15.8. The zero-order valence-corrected chi connectivity index (χ0v) is 14.6. The van der Waals surface area contributed by atoms with Gasteiger partial charge in [0, 0.05) is 13.1 Å². The van der Waals surface area contributed by atoms with E-state index in [2.05, 4.69) is 17.5 Å². The standard InChI is InChI=1S/C17H33N3OS/c18-9-5-4-8-16(19)17(21)22(12-10-20-11-13-22)14-15-6-2-1-3-7-15/h1-2,15-16,20H,3-14,18-19H2/t15-,16-/m0/s1. The van der Waals surface area contributed by atoms with Crippen LogP contribution in [0.4, 0.5) is 0 Å². The summed E-state index contributed by atoms with van der Waals surface area (Å²) in [5.74, 6) is 3.88. The van der Waals surface area contributed by atoms with Crippen molar-refractivity contribution in [3.63, 3.8) is 0 Å². The van der Waals surface area contributed by atoms with Crippen LogP contribution in [0.1, 0.15) is 38.5 Å². The molecule has 0 unspecified atom stereocenters. The van der Waals surface area contributed by atoms with E-state index in [9.17, 15) is 4.79 Å². The molecule has 0 aromatic heterocycles. The summed E-state index contributed by atoms with van der Waals surface area (Å²) in [5.41, 5.74) is 11.8. The maximum atomic E-state index is 13.1. The van der Waals surface area contributed by atoms with Crippen LogP contribution >= 0.6 is 10.0 Å². The lowest BCUT2D eigenvalue weighted by atomic mass is 9.96. The van der Waals surface area contributed by atoms with Gasteiger partial charge in [-0.1, -0.05) is 18.6 Å². The van der Waals surface area contributed by atoms with Crippen molar-refractivity contribution in [3.8, 4) is 0 Å². The summed E-state index contributed by atoms with van der Waals surface area (Å²) in [7, 11) is -1.20. The topological polar surface area (TPSA) is 81.1 Å². The summed E-state index contributed by atoms with van der Waals surface area (Å²) >= 11 is 0. The first-order valence-electron chi connectivity index (χ1n) is 8.79. The highest BCUT2D eigenvalue weighted by atomic mass is 32.3. The highest BCUT2D eigenvalue weighted by Crippen LogP contribution is 2.53. The molecule has 4 nitrogen and oxygen atoms in total. The molecule has 1 fully saturated rings. The minimum atomic E-state index is -1.20. The average Bonchev–Trinajstić information content (AvgIpc) is 2.56. The molecule has 2 atom stereocenters. The maximum Gasteiger partial charge on any atom is 0.188 e. The highest BCUT2D eigenvalue weighted by Gasteiger charge is 2.38. The summed E-state index contributed by atoms with van der Waals surface area (Å²) in [6.45, 7) is 2.66. The second-order valence-electron chi connectivity index (χ2n) is 6.73. The summed E-state index contributed by atoms with van der Waals surface area (Å²) < 4.78 is 0. The molecule has 5 N–H and O–H groups in total. The molecule has 0 radical (unpaired) electrons. The van der Waals surface area contributed by atoms with Crippen molar-refractivity contribution in [2.45, 2.75) is 44.6 Å². The number of unbranched alkanes of at least 4 members (excludes halogenated alkanes) is 1. The van der Waals surface area contributed by atoms with Gasteiger partial charge in [0.05, 0.1) is 6.04 Å². The van der Waals surface area contributed by atoms with Crippen molar-refractivity contribution >= 4 is 15.1 Å². The van der Waals surface area contributed by atoms with Gasteiger partial charge in [-0.05, 0) is 61.8 Å². The molecule has 1 aliphatic carbocycles. The fourth-order valence-corrected chi connectivity index (χ4v) is 7.76. The fourth-order valence-electron chi connectivity index (χ4n) is 3.62. The van der Waals surface area contributed by atoms with Gasteiger partial charge in [-0.15, -0.1) is 0 Å². The monoisotopic (exact) mass is 327 g/mol. The lowest BCUT2D eigenvalue weighted by Crippen LogP contribution is -2.45. The van der Waals surface area contributed by atoms with Crippen molar-refractivity contribution in [1.82, 2.24) is 5.32 Å². The Balaban J connectivity index is 2.00. The van der Waals surface area contributed by atoms with Crippen LogP contribution in [0.3, 0.4) is 0 Å². The van der Waals surface area contributed by atoms with Gasteiger partial charge in [0.1, 0.15) is 0 Å². The molecule has 5 heteroatoms. The Kier molecular flexibility index (Phi) is 7.41. The van der Waals surface area contributed by atoms with E-state index in [0.717, 1.165) is 56.0 Å². The average molecular weight is 328 g/mol. The summed E-state index contributed by atoms with van der Waals surface area (Å²) in [6.07, 6.45) is 10.9. The van der Waals surface area contributed by atoms with Crippen LogP contribution in [-0.4, -0.2) is 48.0 Å². The van der Waals surface area contributed by atoms with E-state index in [-0.39, 0.29) is 6.04 Å². The van der Waals surface area contributed by atoms with Crippen LogP contribution in [0, 0.1) is 5.92 Å². The number of hydrogen-bond donors (Lipinski definition) is 3. The van der Waals surface area contributed by atoms with Crippen molar-refractivity contribution < 1.29 is 4.79 Å². The number of hydrogen-bond acceptors (Lipinski definition) is 4. The molecule has 128 valence electrons. The lowest BCUT2D eigenvalue weighted by Gasteiger charge is -2.45. The SMILES string of the molecule is NCCCC[C@H](N)C(=O)S1(C[C@H]2CC=CCC2)CCNCC1. The molecular formula is C17H33N3OS. The largest absolute Gasteiger partial charge is 0.330 e. The predicted octanol–water partition coefficient (Wildman–Crippen LogP) is 1.73. The van der Waals surface area contributed by atoms with Crippen molar-refractivity contribution in [2.75, 3.05) is 36.9 Å². The van der Waals surface area contributed by atoms with E-state index >= 15 is 0 Å². The van der Waals surface area contributed by atoms with Crippen LogP contribution in [0.15, 0.2) is 12.2 Å². The third-order valence-electron chi connectivity index (χ3n) is 4.97. The molecule has 0 aromatic carbocycles. The van der Waals surface area contributed by atoms with Crippen LogP contribution in [0.5, 0.6) is 0 Å². The third-order valence-corrected chi connectivity index (χ3v) is 9.21. The van der Waals surface area contributed by atoms with Gasteiger partial charge in [0.2, 0.25) is 0 Å². The quantitative estimate of drug-likeness (QED) is 0.491. The molecule has 1 saturated heterocycles. The van der Waals surface area contributed by atoms with Crippen LogP contribution < -0.4 is 16.8 Å². The molecule has 0 amide bonds. The fraction of sp³-hybridized carbons (Fsp3) is 0.824. The second kappa shape index (κ2) is 9.06. The first-order chi connectivity index (χ1) is 10.7. The molecule has 0 bridgehead atoms. The number of carbonyl (C=O) groups is 1. The Morgan fingerprint density at radius 1 is 1.27 bits per heavy atom.